The summed E-state index contributed by atoms with van der Waals surface area (Å²) in [6.45, 7) is 2.98. The van der Waals surface area contributed by atoms with Gasteiger partial charge in [-0.2, -0.15) is 25.3 Å². The molecule has 0 bridgehead atoms. The average molecular weight is 154 g/mol. The maximum Gasteiger partial charge on any atom is 0.300 e. The molecule has 0 aliphatic carbocycles. The molecule has 0 fully saturated rings. The van der Waals surface area contributed by atoms with Crippen LogP contribution in [0.5, 0.6) is 0 Å². The molecule has 8 heavy (non-hydrogen) atoms. The molecule has 2 nitrogen and oxygen atoms in total. The van der Waals surface area contributed by atoms with Crippen molar-refractivity contribution in [3.8, 4) is 0 Å². The summed E-state index contributed by atoms with van der Waals surface area (Å²) in [6.07, 6.45) is 0. The van der Waals surface area contributed by atoms with Crippen molar-refractivity contribution in [2.45, 2.75) is 18.4 Å². The average Bonchev–Trinajstić information content (AvgIpc) is 1.25. The molecule has 0 aromatic heterocycles. The molecule has 0 spiro atoms. The first kappa shape index (κ1) is 11.0. The fourth-order valence-corrected chi connectivity index (χ4v) is 0. The Morgan fingerprint density at radius 1 is 1.62 bits per heavy atom. The molecule has 0 aromatic rings. The number of carboxylic acid groups (broad SMARTS) is 1. The van der Waals surface area contributed by atoms with Gasteiger partial charge in [0, 0.05) is 11.5 Å². The van der Waals surface area contributed by atoms with E-state index in [0.717, 1.165) is 6.92 Å². The minimum Gasteiger partial charge on any atom is -0.481 e. The molecule has 0 aromatic carbocycles. The standard InChI is InChI=1S/C2H4O2.C2H6S2/c2*1-2(3)4/h1H3,(H,3,4);2-4H,1H3. The summed E-state index contributed by atoms with van der Waals surface area (Å²) in [5.41, 5.74) is 0. The fraction of sp³-hybridized carbons (Fsp3) is 0.750. The Labute approximate surface area is 60.1 Å². The third-order valence-electron chi connectivity index (χ3n) is 0. The normalized spacial score (nSPS) is 7.62. The highest BCUT2D eigenvalue weighted by molar-refractivity contribution is 7.99. The second-order valence-corrected chi connectivity index (χ2v) is 3.11. The maximum absolute atomic E-state index is 9.00. The number of hydrogen-bond donors (Lipinski definition) is 3. The molecule has 0 heterocycles. The van der Waals surface area contributed by atoms with E-state index in [1.165, 1.54) is 0 Å². The van der Waals surface area contributed by atoms with Crippen molar-refractivity contribution in [3.05, 3.63) is 0 Å². The lowest BCUT2D eigenvalue weighted by Crippen LogP contribution is -1.78. The van der Waals surface area contributed by atoms with Gasteiger partial charge < -0.3 is 5.11 Å². The number of aliphatic carboxylic acids is 1. The van der Waals surface area contributed by atoms with Gasteiger partial charge in [0.2, 0.25) is 0 Å². The van der Waals surface area contributed by atoms with E-state index in [9.17, 15) is 0 Å². The molecular formula is C4H10O2S2. The van der Waals surface area contributed by atoms with Crippen LogP contribution in [0.25, 0.3) is 0 Å². The lowest BCUT2D eigenvalue weighted by Gasteiger charge is -1.78. The molecule has 0 rings (SSSR count). The summed E-state index contributed by atoms with van der Waals surface area (Å²) in [5.74, 6) is -0.833. The van der Waals surface area contributed by atoms with E-state index < -0.39 is 5.97 Å². The minimum absolute atomic E-state index is 0.222. The van der Waals surface area contributed by atoms with E-state index >= 15 is 0 Å². The molecular weight excluding hydrogens is 144 g/mol. The molecule has 0 amide bonds. The van der Waals surface area contributed by atoms with E-state index in [2.05, 4.69) is 25.3 Å². The van der Waals surface area contributed by atoms with Crippen molar-refractivity contribution in [1.29, 1.82) is 0 Å². The van der Waals surface area contributed by atoms with E-state index in [1.54, 1.807) is 0 Å². The van der Waals surface area contributed by atoms with Gasteiger partial charge in [-0.1, -0.05) is 0 Å². The first-order valence-electron chi connectivity index (χ1n) is 2.02. The largest absolute Gasteiger partial charge is 0.481 e. The van der Waals surface area contributed by atoms with Crippen LogP contribution in [0.4, 0.5) is 0 Å². The van der Waals surface area contributed by atoms with Crippen LogP contribution in [-0.2, 0) is 4.79 Å². The van der Waals surface area contributed by atoms with Crippen molar-refractivity contribution in [1.82, 2.24) is 0 Å². The molecule has 50 valence electrons. The SMILES string of the molecule is CC(=O)O.CC(S)S. The van der Waals surface area contributed by atoms with Gasteiger partial charge in [-0.15, -0.1) is 0 Å². The predicted molar refractivity (Wildman–Crippen MR) is 40.7 cm³/mol. The van der Waals surface area contributed by atoms with Crippen LogP contribution in [0.2, 0.25) is 0 Å². The number of carboxylic acids is 1. The van der Waals surface area contributed by atoms with Crippen LogP contribution >= 0.6 is 25.3 Å². The van der Waals surface area contributed by atoms with Crippen LogP contribution in [0.3, 0.4) is 0 Å². The molecule has 4 heteroatoms. The molecule has 0 aliphatic heterocycles. The molecule has 0 radical (unpaired) electrons. The van der Waals surface area contributed by atoms with E-state index in [1.807, 2.05) is 6.92 Å². The van der Waals surface area contributed by atoms with Crippen molar-refractivity contribution in [2.75, 3.05) is 0 Å². The Morgan fingerprint density at radius 3 is 1.62 bits per heavy atom. The first-order valence-corrected chi connectivity index (χ1v) is 3.05. The highest BCUT2D eigenvalue weighted by Gasteiger charge is 1.69. The third-order valence-corrected chi connectivity index (χ3v) is 0. The fourth-order valence-electron chi connectivity index (χ4n) is 0. The second kappa shape index (κ2) is 7.17. The van der Waals surface area contributed by atoms with Gasteiger partial charge in [0.25, 0.3) is 5.97 Å². The highest BCUT2D eigenvalue weighted by atomic mass is 32.2. The minimum atomic E-state index is -0.833. The first-order chi connectivity index (χ1) is 3.46. The number of rotatable bonds is 0. The molecule has 0 atom stereocenters. The van der Waals surface area contributed by atoms with Gasteiger partial charge >= 0.3 is 0 Å². The zero-order valence-corrected chi connectivity index (χ0v) is 6.62. The van der Waals surface area contributed by atoms with Crippen LogP contribution in [0.15, 0.2) is 0 Å². The van der Waals surface area contributed by atoms with Crippen LogP contribution in [-0.4, -0.2) is 15.7 Å². The molecule has 0 saturated heterocycles. The van der Waals surface area contributed by atoms with Crippen LogP contribution in [0.1, 0.15) is 13.8 Å². The lowest BCUT2D eigenvalue weighted by atomic mass is 10.9. The number of carbonyl (C=O) groups is 1. The zero-order valence-electron chi connectivity index (χ0n) is 4.83. The lowest BCUT2D eigenvalue weighted by molar-refractivity contribution is -0.134. The summed E-state index contributed by atoms with van der Waals surface area (Å²) >= 11 is 7.66. The second-order valence-electron chi connectivity index (χ2n) is 1.15. The quantitative estimate of drug-likeness (QED) is 0.363. The van der Waals surface area contributed by atoms with Gasteiger partial charge in [-0.3, -0.25) is 4.79 Å². The molecule has 0 saturated carbocycles. The van der Waals surface area contributed by atoms with E-state index in [4.69, 9.17) is 9.90 Å². The molecule has 1 N–H and O–H groups in total. The maximum atomic E-state index is 9.00. The number of thiol groups is 2. The Balaban J connectivity index is 0. The Hall–Kier alpha value is 0.170. The molecule has 0 aliphatic rings. The topological polar surface area (TPSA) is 37.3 Å². The monoisotopic (exact) mass is 154 g/mol. The summed E-state index contributed by atoms with van der Waals surface area (Å²) in [6, 6.07) is 0. The molecule has 0 unspecified atom stereocenters. The summed E-state index contributed by atoms with van der Waals surface area (Å²) in [5, 5.41) is 7.42. The van der Waals surface area contributed by atoms with E-state index in [0.29, 0.717) is 0 Å². The predicted octanol–water partition coefficient (Wildman–Crippen LogP) is 1.28. The van der Waals surface area contributed by atoms with Crippen molar-refractivity contribution < 1.29 is 9.90 Å². The summed E-state index contributed by atoms with van der Waals surface area (Å²) in [4.78, 5) is 9.00. The van der Waals surface area contributed by atoms with Gasteiger partial charge in [0.15, 0.2) is 0 Å². The van der Waals surface area contributed by atoms with Crippen molar-refractivity contribution >= 4 is 31.2 Å². The number of hydrogen-bond acceptors (Lipinski definition) is 3. The van der Waals surface area contributed by atoms with Crippen molar-refractivity contribution in [3.63, 3.8) is 0 Å². The smallest absolute Gasteiger partial charge is 0.300 e. The Morgan fingerprint density at radius 2 is 1.62 bits per heavy atom. The van der Waals surface area contributed by atoms with Crippen molar-refractivity contribution in [2.24, 2.45) is 0 Å². The third kappa shape index (κ3) is 5710. The van der Waals surface area contributed by atoms with Gasteiger partial charge in [-0.25, -0.2) is 0 Å². The highest BCUT2D eigenvalue weighted by Crippen LogP contribution is 1.93. The van der Waals surface area contributed by atoms with Gasteiger partial charge in [0.1, 0.15) is 0 Å². The van der Waals surface area contributed by atoms with Gasteiger partial charge in [-0.05, 0) is 6.92 Å². The Bertz CT molecular complexity index is 56.3. The van der Waals surface area contributed by atoms with Crippen LogP contribution < -0.4 is 0 Å². The summed E-state index contributed by atoms with van der Waals surface area (Å²) < 4.78 is 0.222. The van der Waals surface area contributed by atoms with E-state index in [-0.39, 0.29) is 4.58 Å². The van der Waals surface area contributed by atoms with Crippen LogP contribution in [0, 0.1) is 0 Å². The Kier molecular flexibility index (Phi) is 9.89. The summed E-state index contributed by atoms with van der Waals surface area (Å²) in [7, 11) is 0. The zero-order chi connectivity index (χ0) is 7.15. The van der Waals surface area contributed by atoms with Gasteiger partial charge in [0.05, 0.1) is 0 Å².